The number of para-hydroxylation sites is 1. The first-order valence-electron chi connectivity index (χ1n) is 7.37. The Hall–Kier alpha value is -1.57. The minimum Gasteiger partial charge on any atom is -0.478 e. The highest BCUT2D eigenvalue weighted by Crippen LogP contribution is 2.19. The Labute approximate surface area is 121 Å². The summed E-state index contributed by atoms with van der Waals surface area (Å²) >= 11 is 0. The number of likely N-dealkylation sites (tertiary alicyclic amines) is 1. The number of hydrogen-bond acceptors (Lipinski definition) is 4. The van der Waals surface area contributed by atoms with Crippen molar-refractivity contribution >= 4 is 0 Å². The molecule has 1 aromatic rings. The van der Waals surface area contributed by atoms with Gasteiger partial charge in [-0.1, -0.05) is 25.1 Å². The number of nitrogens with one attached hydrogen (secondary N) is 1. The summed E-state index contributed by atoms with van der Waals surface area (Å²) in [5.74, 6) is 0.806. The third-order valence-corrected chi connectivity index (χ3v) is 3.87. The molecule has 1 aliphatic heterocycles. The molecule has 1 aromatic carbocycles. The zero-order valence-electron chi connectivity index (χ0n) is 12.1. The van der Waals surface area contributed by atoms with Gasteiger partial charge >= 0.3 is 0 Å². The van der Waals surface area contributed by atoms with Gasteiger partial charge in [0.05, 0.1) is 0 Å². The summed E-state index contributed by atoms with van der Waals surface area (Å²) in [5.41, 5.74) is 1.11. The van der Waals surface area contributed by atoms with E-state index in [0.29, 0.717) is 6.04 Å². The first-order valence-corrected chi connectivity index (χ1v) is 7.37. The Morgan fingerprint density at radius 1 is 1.45 bits per heavy atom. The number of rotatable bonds is 7. The molecule has 1 aliphatic rings. The van der Waals surface area contributed by atoms with Crippen LogP contribution in [0.1, 0.15) is 25.3 Å². The molecule has 1 unspecified atom stereocenters. The van der Waals surface area contributed by atoms with Gasteiger partial charge in [-0.2, -0.15) is 5.26 Å². The second-order valence-electron chi connectivity index (χ2n) is 5.11. The molecule has 0 spiro atoms. The largest absolute Gasteiger partial charge is 0.478 e. The van der Waals surface area contributed by atoms with Gasteiger partial charge in [0.25, 0.3) is 0 Å². The predicted molar refractivity (Wildman–Crippen MR) is 79.5 cm³/mol. The van der Waals surface area contributed by atoms with E-state index in [-0.39, 0.29) is 6.61 Å². The molecule has 20 heavy (non-hydrogen) atoms. The zero-order valence-corrected chi connectivity index (χ0v) is 12.1. The van der Waals surface area contributed by atoms with Crippen molar-refractivity contribution < 1.29 is 4.74 Å². The number of nitrogens with zero attached hydrogens (tertiary/aromatic N) is 2. The zero-order chi connectivity index (χ0) is 14.2. The molecular formula is C16H23N3O. The molecule has 0 amide bonds. The lowest BCUT2D eigenvalue weighted by molar-refractivity contribution is 0.259. The van der Waals surface area contributed by atoms with E-state index < -0.39 is 0 Å². The first-order chi connectivity index (χ1) is 9.85. The van der Waals surface area contributed by atoms with Crippen molar-refractivity contribution in [3.05, 3.63) is 29.8 Å². The molecule has 4 nitrogen and oxygen atoms in total. The highest BCUT2D eigenvalue weighted by atomic mass is 16.5. The lowest BCUT2D eigenvalue weighted by Crippen LogP contribution is -2.37. The van der Waals surface area contributed by atoms with Crippen LogP contribution in [-0.4, -0.2) is 37.2 Å². The Morgan fingerprint density at radius 2 is 2.30 bits per heavy atom. The van der Waals surface area contributed by atoms with E-state index in [2.05, 4.69) is 17.1 Å². The second kappa shape index (κ2) is 7.88. The highest BCUT2D eigenvalue weighted by molar-refractivity contribution is 5.33. The first kappa shape index (κ1) is 14.8. The molecule has 2 rings (SSSR count). The number of benzene rings is 1. The molecule has 1 saturated heterocycles. The summed E-state index contributed by atoms with van der Waals surface area (Å²) in [7, 11) is 0. The van der Waals surface area contributed by atoms with Crippen LogP contribution in [0.25, 0.3) is 0 Å². The highest BCUT2D eigenvalue weighted by Gasteiger charge is 2.22. The fraction of sp³-hybridized carbons (Fsp3) is 0.562. The van der Waals surface area contributed by atoms with E-state index in [9.17, 15) is 0 Å². The standard InChI is InChI=1S/C16H23N3O/c1-2-19-10-5-7-15(19)13-18-12-14-6-3-4-8-16(14)20-11-9-17/h3-4,6,8,15,18H,2,5,7,10-13H2,1H3. The molecule has 108 valence electrons. The molecule has 1 fully saturated rings. The molecule has 1 heterocycles. The van der Waals surface area contributed by atoms with Gasteiger partial charge in [-0.3, -0.25) is 4.90 Å². The molecular weight excluding hydrogens is 250 g/mol. The lowest BCUT2D eigenvalue weighted by atomic mass is 10.2. The maximum Gasteiger partial charge on any atom is 0.174 e. The van der Waals surface area contributed by atoms with Crippen molar-refractivity contribution in [2.45, 2.75) is 32.4 Å². The minimum absolute atomic E-state index is 0.100. The average Bonchev–Trinajstić information content (AvgIpc) is 2.94. The number of hydrogen-bond donors (Lipinski definition) is 1. The molecule has 0 saturated carbocycles. The summed E-state index contributed by atoms with van der Waals surface area (Å²) in [6.45, 7) is 6.49. The van der Waals surface area contributed by atoms with E-state index in [0.717, 1.165) is 30.9 Å². The Morgan fingerprint density at radius 3 is 3.10 bits per heavy atom. The van der Waals surface area contributed by atoms with Crippen LogP contribution in [0.15, 0.2) is 24.3 Å². The summed E-state index contributed by atoms with van der Waals surface area (Å²) in [5, 5.41) is 12.1. The van der Waals surface area contributed by atoms with Crippen molar-refractivity contribution in [3.63, 3.8) is 0 Å². The maximum absolute atomic E-state index is 8.60. The second-order valence-corrected chi connectivity index (χ2v) is 5.11. The summed E-state index contributed by atoms with van der Waals surface area (Å²) in [6, 6.07) is 10.6. The molecule has 0 aliphatic carbocycles. The fourth-order valence-corrected chi connectivity index (χ4v) is 2.82. The van der Waals surface area contributed by atoms with Gasteiger partial charge in [-0.15, -0.1) is 0 Å². The van der Waals surface area contributed by atoms with Crippen LogP contribution in [-0.2, 0) is 6.54 Å². The summed E-state index contributed by atoms with van der Waals surface area (Å²) in [4.78, 5) is 2.53. The van der Waals surface area contributed by atoms with Crippen LogP contribution in [0, 0.1) is 11.3 Å². The maximum atomic E-state index is 8.60. The van der Waals surface area contributed by atoms with E-state index in [1.54, 1.807) is 0 Å². The molecule has 1 N–H and O–H groups in total. The lowest BCUT2D eigenvalue weighted by Gasteiger charge is -2.23. The predicted octanol–water partition coefficient (Wildman–Crippen LogP) is 2.16. The van der Waals surface area contributed by atoms with E-state index >= 15 is 0 Å². The van der Waals surface area contributed by atoms with Gasteiger partial charge < -0.3 is 10.1 Å². The van der Waals surface area contributed by atoms with Crippen molar-refractivity contribution in [1.29, 1.82) is 5.26 Å². The number of ether oxygens (including phenoxy) is 1. The molecule has 4 heteroatoms. The summed E-state index contributed by atoms with van der Waals surface area (Å²) in [6.07, 6.45) is 2.59. The minimum atomic E-state index is 0.100. The monoisotopic (exact) mass is 273 g/mol. The Balaban J connectivity index is 1.83. The molecule has 0 bridgehead atoms. The summed E-state index contributed by atoms with van der Waals surface area (Å²) < 4.78 is 5.44. The van der Waals surface area contributed by atoms with E-state index in [4.69, 9.17) is 10.00 Å². The van der Waals surface area contributed by atoms with Crippen LogP contribution in [0.5, 0.6) is 5.75 Å². The van der Waals surface area contributed by atoms with Crippen molar-refractivity contribution in [1.82, 2.24) is 10.2 Å². The van der Waals surface area contributed by atoms with Gasteiger partial charge in [0, 0.05) is 24.7 Å². The molecule has 1 atom stereocenters. The third-order valence-electron chi connectivity index (χ3n) is 3.87. The smallest absolute Gasteiger partial charge is 0.174 e. The molecule has 0 aromatic heterocycles. The third kappa shape index (κ3) is 3.96. The van der Waals surface area contributed by atoms with Crippen LogP contribution in [0.2, 0.25) is 0 Å². The Bertz CT molecular complexity index is 455. The molecule has 0 radical (unpaired) electrons. The van der Waals surface area contributed by atoms with Crippen LogP contribution < -0.4 is 10.1 Å². The van der Waals surface area contributed by atoms with Gasteiger partial charge in [0.2, 0.25) is 0 Å². The normalized spacial score (nSPS) is 18.9. The SMILES string of the molecule is CCN1CCCC1CNCc1ccccc1OCC#N. The topological polar surface area (TPSA) is 48.3 Å². The van der Waals surface area contributed by atoms with Crippen molar-refractivity contribution in [2.75, 3.05) is 26.2 Å². The quantitative estimate of drug-likeness (QED) is 0.827. The van der Waals surface area contributed by atoms with Crippen LogP contribution in [0.4, 0.5) is 0 Å². The Kier molecular flexibility index (Phi) is 5.85. The fourth-order valence-electron chi connectivity index (χ4n) is 2.82. The number of likely N-dealkylation sites (N-methyl/N-ethyl adjacent to an activating group) is 1. The van der Waals surface area contributed by atoms with Crippen LogP contribution in [0.3, 0.4) is 0 Å². The van der Waals surface area contributed by atoms with Crippen LogP contribution >= 0.6 is 0 Å². The van der Waals surface area contributed by atoms with Crippen molar-refractivity contribution in [2.24, 2.45) is 0 Å². The van der Waals surface area contributed by atoms with Gasteiger partial charge in [-0.25, -0.2) is 0 Å². The van der Waals surface area contributed by atoms with E-state index in [1.807, 2.05) is 30.3 Å². The average molecular weight is 273 g/mol. The van der Waals surface area contributed by atoms with Gasteiger partial charge in [0.1, 0.15) is 11.8 Å². The van der Waals surface area contributed by atoms with Gasteiger partial charge in [0.15, 0.2) is 6.61 Å². The number of nitriles is 1. The van der Waals surface area contributed by atoms with Crippen molar-refractivity contribution in [3.8, 4) is 11.8 Å². The van der Waals surface area contributed by atoms with E-state index in [1.165, 1.54) is 19.4 Å². The van der Waals surface area contributed by atoms with Gasteiger partial charge in [-0.05, 0) is 32.0 Å².